The van der Waals surface area contributed by atoms with Gasteiger partial charge >= 0.3 is 0 Å². The molecule has 0 bridgehead atoms. The molecule has 1 fully saturated rings. The first-order valence-corrected chi connectivity index (χ1v) is 6.22. The van der Waals surface area contributed by atoms with Crippen LogP contribution in [-0.4, -0.2) is 30.3 Å². The van der Waals surface area contributed by atoms with E-state index in [9.17, 15) is 0 Å². The van der Waals surface area contributed by atoms with E-state index in [1.54, 1.807) is 23.1 Å². The van der Waals surface area contributed by atoms with Crippen LogP contribution >= 0.6 is 11.6 Å². The Bertz CT molecular complexity index is 549. The summed E-state index contributed by atoms with van der Waals surface area (Å²) in [5.74, 6) is 0.924. The number of nitrogens with one attached hydrogen (secondary N) is 1. The molecule has 2 heterocycles. The summed E-state index contributed by atoms with van der Waals surface area (Å²) in [6.45, 7) is 2.15. The van der Waals surface area contributed by atoms with E-state index in [-0.39, 0.29) is 10.8 Å². The zero-order valence-electron chi connectivity index (χ0n) is 9.97. The number of hydrogen-bond donors (Lipinski definition) is 1. The van der Waals surface area contributed by atoms with E-state index in [1.807, 2.05) is 0 Å². The number of nitrogens with zero attached hydrogens (tertiary/aromatic N) is 5. The van der Waals surface area contributed by atoms with Gasteiger partial charge in [-0.2, -0.15) is 20.1 Å². The Hall–Kier alpha value is -1.69. The smallest absolute Gasteiger partial charge is 0.256 e. The molecule has 3 rings (SSSR count). The Morgan fingerprint density at radius 3 is 2.78 bits per heavy atom. The van der Waals surface area contributed by atoms with Crippen molar-refractivity contribution in [2.75, 3.05) is 5.32 Å². The first-order valence-electron chi connectivity index (χ1n) is 5.84. The van der Waals surface area contributed by atoms with Crippen LogP contribution in [0.15, 0.2) is 18.5 Å². The van der Waals surface area contributed by atoms with Crippen molar-refractivity contribution in [1.29, 1.82) is 0 Å². The Morgan fingerprint density at radius 1 is 1.33 bits per heavy atom. The average molecular weight is 265 g/mol. The molecule has 1 aliphatic rings. The van der Waals surface area contributed by atoms with Crippen LogP contribution in [0.1, 0.15) is 26.2 Å². The molecule has 6 nitrogen and oxygen atoms in total. The van der Waals surface area contributed by atoms with E-state index in [0.29, 0.717) is 11.9 Å². The van der Waals surface area contributed by atoms with Gasteiger partial charge in [0.1, 0.15) is 0 Å². The summed E-state index contributed by atoms with van der Waals surface area (Å²) in [6.07, 6.45) is 6.90. The van der Waals surface area contributed by atoms with E-state index < -0.39 is 0 Å². The van der Waals surface area contributed by atoms with Crippen LogP contribution in [0.25, 0.3) is 5.95 Å². The molecule has 0 saturated heterocycles. The molecule has 1 aliphatic carbocycles. The molecule has 0 spiro atoms. The van der Waals surface area contributed by atoms with Crippen molar-refractivity contribution in [1.82, 2.24) is 24.7 Å². The van der Waals surface area contributed by atoms with Crippen molar-refractivity contribution >= 4 is 17.5 Å². The number of halogens is 1. The molecule has 0 radical (unpaired) electrons. The summed E-state index contributed by atoms with van der Waals surface area (Å²) in [6, 6.07) is 1.80. The lowest BCUT2D eigenvalue weighted by Crippen LogP contribution is -2.42. The minimum Gasteiger partial charge on any atom is -0.349 e. The van der Waals surface area contributed by atoms with Crippen molar-refractivity contribution in [3.63, 3.8) is 0 Å². The van der Waals surface area contributed by atoms with Crippen LogP contribution in [-0.2, 0) is 0 Å². The van der Waals surface area contributed by atoms with Crippen molar-refractivity contribution < 1.29 is 0 Å². The molecular weight excluding hydrogens is 252 g/mol. The number of aromatic nitrogens is 5. The van der Waals surface area contributed by atoms with Gasteiger partial charge in [0.25, 0.3) is 5.95 Å². The molecule has 0 aromatic carbocycles. The predicted octanol–water partition coefficient (Wildman–Crippen LogP) is 2.07. The number of hydrogen-bond acceptors (Lipinski definition) is 5. The van der Waals surface area contributed by atoms with Crippen LogP contribution in [0.4, 0.5) is 5.95 Å². The van der Waals surface area contributed by atoms with E-state index in [4.69, 9.17) is 11.6 Å². The normalized spacial score (nSPS) is 17.2. The van der Waals surface area contributed by atoms with Gasteiger partial charge in [-0.05, 0) is 43.9 Å². The zero-order chi connectivity index (χ0) is 12.6. The van der Waals surface area contributed by atoms with Gasteiger partial charge in [0.05, 0.1) is 0 Å². The second-order valence-corrected chi connectivity index (χ2v) is 5.06. The molecule has 0 amide bonds. The Labute approximate surface area is 109 Å². The maximum absolute atomic E-state index is 5.91. The minimum absolute atomic E-state index is 0.0755. The number of rotatable bonds is 3. The van der Waals surface area contributed by atoms with E-state index in [1.165, 1.54) is 6.42 Å². The lowest BCUT2D eigenvalue weighted by Gasteiger charge is -2.39. The van der Waals surface area contributed by atoms with Crippen molar-refractivity contribution in [3.05, 3.63) is 23.7 Å². The van der Waals surface area contributed by atoms with Gasteiger partial charge < -0.3 is 5.32 Å². The Balaban J connectivity index is 1.91. The largest absolute Gasteiger partial charge is 0.349 e. The highest BCUT2D eigenvalue weighted by molar-refractivity contribution is 6.28. The predicted molar refractivity (Wildman–Crippen MR) is 67.8 cm³/mol. The van der Waals surface area contributed by atoms with E-state index in [2.05, 4.69) is 32.3 Å². The molecule has 0 unspecified atom stereocenters. The van der Waals surface area contributed by atoms with Gasteiger partial charge in [0, 0.05) is 17.9 Å². The molecule has 0 atom stereocenters. The second-order valence-electron chi connectivity index (χ2n) is 4.72. The van der Waals surface area contributed by atoms with Gasteiger partial charge in [-0.25, -0.2) is 4.68 Å². The molecule has 2 aromatic rings. The minimum atomic E-state index is 0.0755. The molecule has 0 aliphatic heterocycles. The SMILES string of the molecule is CC1(Nc2nc(Cl)nc(-n3cccn3)n2)CCC1. The van der Waals surface area contributed by atoms with Crippen LogP contribution in [0.3, 0.4) is 0 Å². The standard InChI is InChI=1S/C11H13ClN6/c1-11(4-2-5-11)17-9-14-8(12)15-10(16-9)18-7-3-6-13-18/h3,6-7H,2,4-5H2,1H3,(H,14,15,16,17). The Morgan fingerprint density at radius 2 is 2.17 bits per heavy atom. The topological polar surface area (TPSA) is 68.5 Å². The first kappa shape index (κ1) is 11.4. The maximum Gasteiger partial charge on any atom is 0.256 e. The molecule has 1 saturated carbocycles. The van der Waals surface area contributed by atoms with Crippen molar-refractivity contribution in [2.45, 2.75) is 31.7 Å². The second kappa shape index (κ2) is 4.20. The molecule has 7 heteroatoms. The third-order valence-electron chi connectivity index (χ3n) is 3.18. The van der Waals surface area contributed by atoms with Gasteiger partial charge in [-0.3, -0.25) is 0 Å². The average Bonchev–Trinajstić information content (AvgIpc) is 2.79. The summed E-state index contributed by atoms with van der Waals surface area (Å²) in [4.78, 5) is 12.5. The van der Waals surface area contributed by atoms with Crippen molar-refractivity contribution in [3.8, 4) is 5.95 Å². The molecule has 2 aromatic heterocycles. The highest BCUT2D eigenvalue weighted by atomic mass is 35.5. The summed E-state index contributed by atoms with van der Waals surface area (Å²) in [5.41, 5.74) is 0.0755. The summed E-state index contributed by atoms with van der Waals surface area (Å²) < 4.78 is 1.56. The lowest BCUT2D eigenvalue weighted by molar-refractivity contribution is 0.304. The van der Waals surface area contributed by atoms with Gasteiger partial charge in [0.15, 0.2) is 0 Å². The van der Waals surface area contributed by atoms with Gasteiger partial charge in [-0.15, -0.1) is 0 Å². The lowest BCUT2D eigenvalue weighted by atomic mass is 9.79. The molecule has 1 N–H and O–H groups in total. The molecule has 94 valence electrons. The Kier molecular flexibility index (Phi) is 2.66. The van der Waals surface area contributed by atoms with E-state index in [0.717, 1.165) is 12.8 Å². The molecular formula is C11H13ClN6. The van der Waals surface area contributed by atoms with Crippen LogP contribution in [0.2, 0.25) is 5.28 Å². The molecule has 18 heavy (non-hydrogen) atoms. The summed E-state index contributed by atoms with van der Waals surface area (Å²) >= 11 is 5.91. The zero-order valence-corrected chi connectivity index (χ0v) is 10.7. The van der Waals surface area contributed by atoms with Crippen molar-refractivity contribution in [2.24, 2.45) is 0 Å². The maximum atomic E-state index is 5.91. The van der Waals surface area contributed by atoms with Crippen LogP contribution in [0.5, 0.6) is 0 Å². The third kappa shape index (κ3) is 2.15. The fourth-order valence-corrected chi connectivity index (χ4v) is 2.14. The first-order chi connectivity index (χ1) is 8.65. The van der Waals surface area contributed by atoms with Crippen LogP contribution in [0, 0.1) is 0 Å². The fourth-order valence-electron chi connectivity index (χ4n) is 1.99. The van der Waals surface area contributed by atoms with E-state index >= 15 is 0 Å². The summed E-state index contributed by atoms with van der Waals surface area (Å²) in [7, 11) is 0. The monoisotopic (exact) mass is 264 g/mol. The highest BCUT2D eigenvalue weighted by Gasteiger charge is 2.32. The van der Waals surface area contributed by atoms with Gasteiger partial charge in [0.2, 0.25) is 11.2 Å². The highest BCUT2D eigenvalue weighted by Crippen LogP contribution is 2.33. The van der Waals surface area contributed by atoms with Crippen LogP contribution < -0.4 is 5.32 Å². The van der Waals surface area contributed by atoms with Gasteiger partial charge in [-0.1, -0.05) is 0 Å². The number of anilines is 1. The fraction of sp³-hybridized carbons (Fsp3) is 0.455. The summed E-state index contributed by atoms with van der Waals surface area (Å²) in [5, 5.41) is 7.55. The third-order valence-corrected chi connectivity index (χ3v) is 3.35. The quantitative estimate of drug-likeness (QED) is 0.919.